The van der Waals surface area contributed by atoms with E-state index < -0.39 is 0 Å². The van der Waals surface area contributed by atoms with Crippen molar-refractivity contribution in [3.8, 4) is 11.1 Å². The Morgan fingerprint density at radius 2 is 1.86 bits per heavy atom. The zero-order valence-corrected chi connectivity index (χ0v) is 20.5. The van der Waals surface area contributed by atoms with Crippen molar-refractivity contribution >= 4 is 39.8 Å². The van der Waals surface area contributed by atoms with E-state index in [0.29, 0.717) is 5.95 Å². The van der Waals surface area contributed by atoms with E-state index in [4.69, 9.17) is 4.98 Å². The number of aromatic nitrogens is 2. The first-order valence-electron chi connectivity index (χ1n) is 12.1. The summed E-state index contributed by atoms with van der Waals surface area (Å²) >= 11 is 0. The number of anilines is 4. The lowest BCUT2D eigenvalue weighted by atomic mass is 10.0. The first-order valence-corrected chi connectivity index (χ1v) is 12.1. The highest BCUT2D eigenvalue weighted by molar-refractivity contribution is 5.95. The number of hydrogen-bond acceptors (Lipinski definition) is 7. The summed E-state index contributed by atoms with van der Waals surface area (Å²) in [4.78, 5) is 25.3. The van der Waals surface area contributed by atoms with Gasteiger partial charge in [-0.05, 0) is 49.0 Å². The Morgan fingerprint density at radius 1 is 1.06 bits per heavy atom. The number of hydrogen-bond donors (Lipinski definition) is 3. The van der Waals surface area contributed by atoms with Crippen LogP contribution in [0.3, 0.4) is 0 Å². The number of nitrogens with one attached hydrogen (secondary N) is 2. The van der Waals surface area contributed by atoms with Gasteiger partial charge in [-0.15, -0.1) is 0 Å². The van der Waals surface area contributed by atoms with E-state index in [1.165, 1.54) is 6.92 Å². The molecule has 0 radical (unpaired) electrons. The standard InChI is InChI=1S/C28H30N6O2/c1-19(36)30-23-7-3-5-20(15-23)26-8-4-6-21-16-29-28(32-27(21)26)31-22-9-11-24(12-10-22)34-14-13-33(2)25(17-34)18-35/h3-12,15-16,25,35H,13-14,17-18H2,1-2H3,(H,30,36)(H,29,31,32). The Morgan fingerprint density at radius 3 is 2.64 bits per heavy atom. The fourth-order valence-corrected chi connectivity index (χ4v) is 4.58. The van der Waals surface area contributed by atoms with Crippen molar-refractivity contribution in [2.45, 2.75) is 13.0 Å². The van der Waals surface area contributed by atoms with Crippen LogP contribution >= 0.6 is 0 Å². The molecule has 1 unspecified atom stereocenters. The van der Waals surface area contributed by atoms with Gasteiger partial charge in [-0.1, -0.05) is 30.3 Å². The van der Waals surface area contributed by atoms with Crippen LogP contribution in [0, 0.1) is 0 Å². The first kappa shape index (κ1) is 23.7. The van der Waals surface area contributed by atoms with Crippen molar-refractivity contribution in [1.82, 2.24) is 14.9 Å². The number of piperazine rings is 1. The summed E-state index contributed by atoms with van der Waals surface area (Å²) in [5, 5.41) is 16.7. The zero-order valence-electron chi connectivity index (χ0n) is 20.5. The summed E-state index contributed by atoms with van der Waals surface area (Å²) in [5.41, 5.74) is 5.54. The summed E-state index contributed by atoms with van der Waals surface area (Å²) < 4.78 is 0. The molecule has 8 nitrogen and oxygen atoms in total. The molecule has 8 heteroatoms. The largest absolute Gasteiger partial charge is 0.395 e. The van der Waals surface area contributed by atoms with Crippen LogP contribution in [-0.2, 0) is 4.79 Å². The molecule has 1 fully saturated rings. The molecular formula is C28H30N6O2. The van der Waals surface area contributed by atoms with Crippen LogP contribution in [0.1, 0.15) is 6.92 Å². The SMILES string of the molecule is CC(=O)Nc1cccc(-c2cccc3cnc(Nc4ccc(N5CCN(C)C(CO)C5)cc4)nc23)c1. The topological polar surface area (TPSA) is 93.6 Å². The number of carbonyl (C=O) groups excluding carboxylic acids is 1. The summed E-state index contributed by atoms with van der Waals surface area (Å²) in [6, 6.07) is 22.1. The number of fused-ring (bicyclic) bond motifs is 1. The van der Waals surface area contributed by atoms with Gasteiger partial charge in [0.25, 0.3) is 0 Å². The van der Waals surface area contributed by atoms with Crippen LogP contribution in [0.4, 0.5) is 23.0 Å². The average molecular weight is 483 g/mol. The lowest BCUT2D eigenvalue weighted by Crippen LogP contribution is -2.53. The van der Waals surface area contributed by atoms with E-state index in [1.807, 2.05) is 60.8 Å². The molecular weight excluding hydrogens is 452 g/mol. The molecule has 2 heterocycles. The fraction of sp³-hybridized carbons (Fsp3) is 0.250. The van der Waals surface area contributed by atoms with E-state index in [9.17, 15) is 9.90 Å². The molecule has 1 saturated heterocycles. The molecule has 1 amide bonds. The monoisotopic (exact) mass is 482 g/mol. The third-order valence-corrected chi connectivity index (χ3v) is 6.58. The van der Waals surface area contributed by atoms with E-state index in [-0.39, 0.29) is 18.6 Å². The maximum absolute atomic E-state index is 11.5. The second-order valence-corrected chi connectivity index (χ2v) is 9.13. The molecule has 3 aromatic carbocycles. The Balaban J connectivity index is 1.38. The third-order valence-electron chi connectivity index (χ3n) is 6.58. The summed E-state index contributed by atoms with van der Waals surface area (Å²) in [6.07, 6.45) is 1.82. The van der Waals surface area contributed by atoms with Gasteiger partial charge < -0.3 is 20.6 Å². The summed E-state index contributed by atoms with van der Waals surface area (Å²) in [6.45, 7) is 4.32. The minimum absolute atomic E-state index is 0.106. The number of aliphatic hydroxyl groups excluding tert-OH is 1. The second kappa shape index (κ2) is 10.3. The molecule has 36 heavy (non-hydrogen) atoms. The van der Waals surface area contributed by atoms with Crippen LogP contribution < -0.4 is 15.5 Å². The number of benzene rings is 3. The first-order chi connectivity index (χ1) is 17.5. The van der Waals surface area contributed by atoms with E-state index >= 15 is 0 Å². The van der Waals surface area contributed by atoms with Gasteiger partial charge in [0.2, 0.25) is 11.9 Å². The van der Waals surface area contributed by atoms with Gasteiger partial charge in [-0.25, -0.2) is 9.97 Å². The lowest BCUT2D eigenvalue weighted by Gasteiger charge is -2.39. The van der Waals surface area contributed by atoms with Gasteiger partial charge in [0.05, 0.1) is 18.2 Å². The number of aliphatic hydroxyl groups is 1. The molecule has 3 N–H and O–H groups in total. The van der Waals surface area contributed by atoms with Crippen LogP contribution in [-0.4, -0.2) is 65.2 Å². The zero-order chi connectivity index (χ0) is 25.1. The van der Waals surface area contributed by atoms with Crippen molar-refractivity contribution in [2.24, 2.45) is 0 Å². The van der Waals surface area contributed by atoms with Crippen LogP contribution in [0.2, 0.25) is 0 Å². The van der Waals surface area contributed by atoms with E-state index in [0.717, 1.165) is 58.7 Å². The molecule has 1 aliphatic heterocycles. The van der Waals surface area contributed by atoms with Gasteiger partial charge in [-0.2, -0.15) is 0 Å². The Labute approximate surface area is 210 Å². The number of likely N-dealkylation sites (N-methyl/N-ethyl adjacent to an activating group) is 1. The number of para-hydroxylation sites is 1. The lowest BCUT2D eigenvalue weighted by molar-refractivity contribution is -0.114. The average Bonchev–Trinajstić information content (AvgIpc) is 2.89. The minimum atomic E-state index is -0.106. The molecule has 0 spiro atoms. The summed E-state index contributed by atoms with van der Waals surface area (Å²) in [7, 11) is 2.06. The number of rotatable bonds is 6. The summed E-state index contributed by atoms with van der Waals surface area (Å²) in [5.74, 6) is 0.409. The molecule has 0 aliphatic carbocycles. The second-order valence-electron chi connectivity index (χ2n) is 9.13. The van der Waals surface area contributed by atoms with Gasteiger partial charge in [0, 0.05) is 60.8 Å². The molecule has 4 aromatic rings. The van der Waals surface area contributed by atoms with E-state index in [1.54, 1.807) is 0 Å². The van der Waals surface area contributed by atoms with Crippen molar-refractivity contribution < 1.29 is 9.90 Å². The van der Waals surface area contributed by atoms with Gasteiger partial charge in [0.15, 0.2) is 0 Å². The molecule has 0 saturated carbocycles. The molecule has 5 rings (SSSR count). The van der Waals surface area contributed by atoms with Crippen molar-refractivity contribution in [3.63, 3.8) is 0 Å². The van der Waals surface area contributed by atoms with E-state index in [2.05, 4.69) is 44.6 Å². The fourth-order valence-electron chi connectivity index (χ4n) is 4.58. The quantitative estimate of drug-likeness (QED) is 0.381. The highest BCUT2D eigenvalue weighted by Gasteiger charge is 2.23. The predicted octanol–water partition coefficient (Wildman–Crippen LogP) is 4.11. The maximum atomic E-state index is 11.5. The minimum Gasteiger partial charge on any atom is -0.395 e. The smallest absolute Gasteiger partial charge is 0.227 e. The molecule has 184 valence electrons. The van der Waals surface area contributed by atoms with Crippen LogP contribution in [0.25, 0.3) is 22.0 Å². The van der Waals surface area contributed by atoms with Crippen molar-refractivity contribution in [3.05, 3.63) is 72.9 Å². The third kappa shape index (κ3) is 5.15. The molecule has 1 atom stereocenters. The number of nitrogens with zero attached hydrogens (tertiary/aromatic N) is 4. The van der Waals surface area contributed by atoms with Crippen molar-refractivity contribution in [1.29, 1.82) is 0 Å². The van der Waals surface area contributed by atoms with Gasteiger partial charge >= 0.3 is 0 Å². The molecule has 0 bridgehead atoms. The van der Waals surface area contributed by atoms with Crippen LogP contribution in [0.5, 0.6) is 0 Å². The Kier molecular flexibility index (Phi) is 6.79. The van der Waals surface area contributed by atoms with Crippen molar-refractivity contribution in [2.75, 3.05) is 48.8 Å². The number of amides is 1. The highest BCUT2D eigenvalue weighted by atomic mass is 16.3. The number of carbonyl (C=O) groups is 1. The van der Waals surface area contributed by atoms with Gasteiger partial charge in [0.1, 0.15) is 0 Å². The molecule has 1 aromatic heterocycles. The Bertz CT molecular complexity index is 1370. The van der Waals surface area contributed by atoms with Crippen LogP contribution in [0.15, 0.2) is 72.9 Å². The normalized spacial score (nSPS) is 16.2. The Hall–Kier alpha value is -4.01. The molecule has 1 aliphatic rings. The maximum Gasteiger partial charge on any atom is 0.227 e. The highest BCUT2D eigenvalue weighted by Crippen LogP contribution is 2.30. The van der Waals surface area contributed by atoms with Gasteiger partial charge in [-0.3, -0.25) is 9.69 Å². The predicted molar refractivity (Wildman–Crippen MR) is 145 cm³/mol.